The Kier molecular flexibility index (Phi) is 17.8. The Bertz CT molecular complexity index is 1560. The van der Waals surface area contributed by atoms with E-state index in [0.717, 1.165) is 81.9 Å². The molecule has 2 aromatic carbocycles. The smallest absolute Gasteiger partial charge is 0.410 e. The summed E-state index contributed by atoms with van der Waals surface area (Å²) in [6.45, 7) is 10.7. The van der Waals surface area contributed by atoms with Crippen LogP contribution >= 0.6 is 11.6 Å². The number of likely N-dealkylation sites (tertiary alicyclic amines) is 1. The van der Waals surface area contributed by atoms with Crippen LogP contribution < -0.4 is 4.74 Å². The molecule has 3 aliphatic rings. The zero-order valence-electron chi connectivity index (χ0n) is 33.0. The van der Waals surface area contributed by atoms with Gasteiger partial charge in [-0.1, -0.05) is 30.5 Å². The average molecular weight is 811 g/mol. The molecule has 13 heteroatoms. The summed E-state index contributed by atoms with van der Waals surface area (Å²) >= 11 is 5.85. The normalized spacial score (nSPS) is 22.3. The van der Waals surface area contributed by atoms with Crippen LogP contribution in [-0.2, 0) is 16.2 Å². The van der Waals surface area contributed by atoms with E-state index in [-0.39, 0.29) is 11.0 Å². The van der Waals surface area contributed by atoms with Crippen LogP contribution in [0.2, 0.25) is 5.02 Å². The summed E-state index contributed by atoms with van der Waals surface area (Å²) < 4.78 is 70.2. The summed E-state index contributed by atoms with van der Waals surface area (Å²) in [7, 11) is 1.63. The van der Waals surface area contributed by atoms with Gasteiger partial charge in [-0.15, -0.1) is 6.58 Å². The lowest BCUT2D eigenvalue weighted by molar-refractivity contribution is -0.137. The van der Waals surface area contributed by atoms with E-state index < -0.39 is 21.8 Å². The second-order valence-electron chi connectivity index (χ2n) is 16.0. The van der Waals surface area contributed by atoms with Crippen molar-refractivity contribution in [3.63, 3.8) is 0 Å². The molecule has 8 nitrogen and oxygen atoms in total. The number of ether oxygens (including phenoxy) is 1. The summed E-state index contributed by atoms with van der Waals surface area (Å²) in [5.41, 5.74) is -0.849. The predicted molar refractivity (Wildman–Crippen MR) is 215 cm³/mol. The zero-order valence-corrected chi connectivity index (χ0v) is 34.6. The lowest BCUT2D eigenvalue weighted by atomic mass is 9.80. The molecule has 55 heavy (non-hydrogen) atoms. The first-order valence-corrected chi connectivity index (χ1v) is 21.8. The highest BCUT2D eigenvalue weighted by molar-refractivity contribution is 7.89. The number of rotatable bonds is 15. The quantitative estimate of drug-likeness (QED) is 0.167. The lowest BCUT2D eigenvalue weighted by Crippen LogP contribution is -2.36. The number of amides is 1. The first-order chi connectivity index (χ1) is 26.1. The van der Waals surface area contributed by atoms with Crippen molar-refractivity contribution in [3.05, 3.63) is 71.8 Å². The van der Waals surface area contributed by atoms with Crippen molar-refractivity contribution in [2.75, 3.05) is 67.0 Å². The van der Waals surface area contributed by atoms with Crippen LogP contribution in [0.5, 0.6) is 5.75 Å². The average Bonchev–Trinajstić information content (AvgIpc) is 3.67. The highest BCUT2D eigenvalue weighted by Gasteiger charge is 2.32. The predicted octanol–water partition coefficient (Wildman–Crippen LogP) is 9.70. The van der Waals surface area contributed by atoms with E-state index in [1.54, 1.807) is 29.2 Å². The van der Waals surface area contributed by atoms with Crippen LogP contribution in [0.3, 0.4) is 0 Å². The van der Waals surface area contributed by atoms with E-state index in [1.165, 1.54) is 75.9 Å². The zero-order chi connectivity index (χ0) is 40.0. The summed E-state index contributed by atoms with van der Waals surface area (Å²) in [6.07, 6.45) is 11.4. The molecule has 0 bridgehead atoms. The monoisotopic (exact) mass is 810 g/mol. The number of sulfonamides is 1. The minimum atomic E-state index is -4.48. The highest BCUT2D eigenvalue weighted by atomic mass is 35.5. The maximum Gasteiger partial charge on any atom is 0.416 e. The maximum atomic E-state index is 12.7. The lowest BCUT2D eigenvalue weighted by Gasteiger charge is -2.32. The molecule has 3 fully saturated rings. The van der Waals surface area contributed by atoms with E-state index >= 15 is 0 Å². The molecule has 2 saturated carbocycles. The number of likely N-dealkylation sites (N-methyl/N-ethyl adjacent to an activating group) is 1. The minimum absolute atomic E-state index is 0.102. The first-order valence-electron chi connectivity index (χ1n) is 20.0. The van der Waals surface area contributed by atoms with Crippen molar-refractivity contribution in [2.24, 2.45) is 23.7 Å². The molecule has 2 aliphatic carbocycles. The van der Waals surface area contributed by atoms with Crippen LogP contribution in [-0.4, -0.2) is 100 Å². The Labute approximate surface area is 333 Å². The number of nitrogens with zero attached hydrogens (tertiary/aromatic N) is 4. The Morgan fingerprint density at radius 3 is 1.96 bits per heavy atom. The third-order valence-electron chi connectivity index (χ3n) is 11.5. The van der Waals surface area contributed by atoms with Gasteiger partial charge in [-0.3, -0.25) is 0 Å². The summed E-state index contributed by atoms with van der Waals surface area (Å²) in [4.78, 5) is 18.7. The summed E-state index contributed by atoms with van der Waals surface area (Å²) in [5.74, 6) is 2.96. The second kappa shape index (κ2) is 21.8. The van der Waals surface area contributed by atoms with Gasteiger partial charge in [-0.2, -0.15) is 13.2 Å². The van der Waals surface area contributed by atoms with E-state index in [1.807, 2.05) is 13.1 Å². The van der Waals surface area contributed by atoms with Gasteiger partial charge in [0, 0.05) is 45.3 Å². The van der Waals surface area contributed by atoms with Gasteiger partial charge in [0.2, 0.25) is 10.0 Å². The molecule has 1 heterocycles. The van der Waals surface area contributed by atoms with Crippen LogP contribution in [0, 0.1) is 23.7 Å². The van der Waals surface area contributed by atoms with Gasteiger partial charge in [0.05, 0.1) is 10.5 Å². The van der Waals surface area contributed by atoms with Crippen molar-refractivity contribution >= 4 is 27.7 Å². The molecule has 0 N–H and O–H groups in total. The second-order valence-corrected chi connectivity index (χ2v) is 18.5. The molecule has 0 unspecified atom stereocenters. The molecule has 1 saturated heterocycles. The van der Waals surface area contributed by atoms with E-state index in [9.17, 15) is 26.4 Å². The van der Waals surface area contributed by atoms with Gasteiger partial charge in [-0.25, -0.2) is 17.5 Å². The Morgan fingerprint density at radius 1 is 0.855 bits per heavy atom. The van der Waals surface area contributed by atoms with Gasteiger partial charge < -0.3 is 19.4 Å². The number of benzene rings is 2. The Morgan fingerprint density at radius 2 is 1.40 bits per heavy atom. The highest BCUT2D eigenvalue weighted by Crippen LogP contribution is 2.34. The third kappa shape index (κ3) is 15.0. The fraction of sp³-hybridized carbons (Fsp3) is 0.643. The molecule has 1 aliphatic heterocycles. The number of carbonyl (C=O) groups is 1. The molecular formula is C42H62ClF3N4O4S. The molecule has 0 spiro atoms. The largest absolute Gasteiger partial charge is 0.416 e. The van der Waals surface area contributed by atoms with Crippen molar-refractivity contribution in [1.82, 2.24) is 19.0 Å². The fourth-order valence-corrected chi connectivity index (χ4v) is 9.57. The Balaban J connectivity index is 0.000000248. The number of halogens is 4. The fourth-order valence-electron chi connectivity index (χ4n) is 8.19. The number of hydrogen-bond acceptors (Lipinski definition) is 6. The van der Waals surface area contributed by atoms with Gasteiger partial charge in [0.15, 0.2) is 0 Å². The van der Waals surface area contributed by atoms with Gasteiger partial charge in [0.1, 0.15) is 5.75 Å². The number of hydrogen-bond donors (Lipinski definition) is 0. The summed E-state index contributed by atoms with van der Waals surface area (Å²) in [6, 6.07) is 10.6. The van der Waals surface area contributed by atoms with E-state index in [0.29, 0.717) is 35.1 Å². The molecule has 0 aromatic heterocycles. The minimum Gasteiger partial charge on any atom is -0.410 e. The van der Waals surface area contributed by atoms with Crippen LogP contribution in [0.4, 0.5) is 18.0 Å². The maximum absolute atomic E-state index is 12.7. The molecule has 2 aromatic rings. The van der Waals surface area contributed by atoms with Crippen LogP contribution in [0.25, 0.3) is 0 Å². The van der Waals surface area contributed by atoms with E-state index in [2.05, 4.69) is 23.4 Å². The topological polar surface area (TPSA) is 73.4 Å². The summed E-state index contributed by atoms with van der Waals surface area (Å²) in [5, 5.41) is 0.638. The third-order valence-corrected chi connectivity index (χ3v) is 13.6. The van der Waals surface area contributed by atoms with Crippen molar-refractivity contribution in [2.45, 2.75) is 88.1 Å². The van der Waals surface area contributed by atoms with Gasteiger partial charge >= 0.3 is 12.3 Å². The molecule has 308 valence electrons. The Hall–Kier alpha value is -2.64. The van der Waals surface area contributed by atoms with Crippen molar-refractivity contribution in [1.29, 1.82) is 0 Å². The molecule has 1 amide bonds. The van der Waals surface area contributed by atoms with Crippen LogP contribution in [0.15, 0.2) is 66.1 Å². The standard InChI is InChI=1S/C22H33F3N2O2S.C20H29ClN2O2/c1-4-15-26(2)16-5-6-18-7-9-19(10-8-18)17-27(3)30(28,29)21-13-11-20(12-14-21)22(23,24)25;1-22(20(24)25-19-10-8-18(21)9-11-19)14-16-4-6-17(7-5-16)15-23-12-2-3-13-23/h4,11-14,18-19H,1,5-10,15-17H2,2-3H3;8-11,16-17H,2-7,12-15H2,1H3. The number of carbonyl (C=O) groups excluding carboxylic acids is 1. The van der Waals surface area contributed by atoms with Crippen LogP contribution in [0.1, 0.15) is 82.6 Å². The molecule has 5 rings (SSSR count). The van der Waals surface area contributed by atoms with E-state index in [4.69, 9.17) is 16.3 Å². The molecule has 0 atom stereocenters. The first kappa shape index (κ1) is 45.1. The van der Waals surface area contributed by atoms with Gasteiger partial charge in [-0.05, 0) is 163 Å². The van der Waals surface area contributed by atoms with Gasteiger partial charge in [0.25, 0.3) is 0 Å². The molecular weight excluding hydrogens is 749 g/mol. The SMILES string of the molecule is C=CCN(C)CCCC1CCC(CN(C)S(=O)(=O)c2ccc(C(F)(F)F)cc2)CC1.CN(CC1CCC(CN2CCCC2)CC1)C(=O)Oc1ccc(Cl)cc1. The number of alkyl halides is 3. The van der Waals surface area contributed by atoms with Crippen molar-refractivity contribution < 1.29 is 31.1 Å². The molecule has 0 radical (unpaired) electrons. The van der Waals surface area contributed by atoms with Crippen molar-refractivity contribution in [3.8, 4) is 5.75 Å².